The molecular weight excluding hydrogens is 272 g/mol. The Balaban J connectivity index is 2.71. The van der Waals surface area contributed by atoms with Gasteiger partial charge >= 0.3 is 0 Å². The van der Waals surface area contributed by atoms with Crippen molar-refractivity contribution < 1.29 is 4.74 Å². The van der Waals surface area contributed by atoms with Crippen LogP contribution in [0.25, 0.3) is 0 Å². The van der Waals surface area contributed by atoms with Crippen LogP contribution in [0.15, 0.2) is 18.2 Å². The first-order chi connectivity index (χ1) is 9.40. The molecule has 0 unspecified atom stereocenters. The number of nitrogens with one attached hydrogen (secondary N) is 1. The Hall–Kier alpha value is -0.770. The maximum atomic E-state index is 6.11. The summed E-state index contributed by atoms with van der Waals surface area (Å²) in [5.74, 6) is 0. The minimum atomic E-state index is 0.274. The van der Waals surface area contributed by atoms with Gasteiger partial charge in [-0.1, -0.05) is 25.4 Å². The lowest BCUT2D eigenvalue weighted by Gasteiger charge is -2.24. The summed E-state index contributed by atoms with van der Waals surface area (Å²) in [4.78, 5) is 2.22. The van der Waals surface area contributed by atoms with Crippen LogP contribution in [0, 0.1) is 0 Å². The monoisotopic (exact) mass is 298 g/mol. The molecule has 3 nitrogen and oxygen atoms in total. The minimum absolute atomic E-state index is 0.274. The van der Waals surface area contributed by atoms with Gasteiger partial charge in [0, 0.05) is 36.9 Å². The van der Waals surface area contributed by atoms with Crippen LogP contribution in [0.4, 0.5) is 5.69 Å². The van der Waals surface area contributed by atoms with Crippen LogP contribution in [-0.4, -0.2) is 32.3 Å². The van der Waals surface area contributed by atoms with Gasteiger partial charge in [-0.2, -0.15) is 0 Å². The first kappa shape index (κ1) is 17.3. The van der Waals surface area contributed by atoms with E-state index >= 15 is 0 Å². The van der Waals surface area contributed by atoms with Crippen molar-refractivity contribution in [3.05, 3.63) is 28.8 Å². The van der Waals surface area contributed by atoms with Gasteiger partial charge in [-0.3, -0.25) is 0 Å². The van der Waals surface area contributed by atoms with E-state index in [4.69, 9.17) is 16.3 Å². The van der Waals surface area contributed by atoms with E-state index in [9.17, 15) is 0 Å². The zero-order valence-electron chi connectivity index (χ0n) is 13.2. The lowest BCUT2D eigenvalue weighted by molar-refractivity contribution is 0.0846. The summed E-state index contributed by atoms with van der Waals surface area (Å²) in [7, 11) is 2.09. The second-order valence-corrected chi connectivity index (χ2v) is 6.09. The van der Waals surface area contributed by atoms with Crippen LogP contribution < -0.4 is 10.2 Å². The fraction of sp³-hybridized carbons (Fsp3) is 0.625. The molecule has 1 rings (SSSR count). The average Bonchev–Trinajstić information content (AvgIpc) is 2.35. The molecule has 0 amide bonds. The number of hydrogen-bond acceptors (Lipinski definition) is 3. The van der Waals surface area contributed by atoms with Crippen molar-refractivity contribution in [1.29, 1.82) is 0 Å². The van der Waals surface area contributed by atoms with Gasteiger partial charge in [-0.15, -0.1) is 0 Å². The molecule has 0 aliphatic heterocycles. The molecule has 0 atom stereocenters. The molecule has 0 radical (unpaired) electrons. The summed E-state index contributed by atoms with van der Waals surface area (Å²) in [5, 5.41) is 4.22. The maximum Gasteiger partial charge on any atom is 0.0644 e. The molecule has 0 aromatic heterocycles. The molecule has 0 saturated heterocycles. The summed E-state index contributed by atoms with van der Waals surface area (Å²) in [6, 6.07) is 6.51. The van der Waals surface area contributed by atoms with Crippen LogP contribution in [0.3, 0.4) is 0 Å². The molecule has 1 N–H and O–H groups in total. The standard InChI is InChI=1S/C16H27ClN2O/c1-12(2)18-11-14-10-15(17)6-7-16(14)19(5)8-9-20-13(3)4/h6-7,10,12-13,18H,8-9,11H2,1-5H3. The number of rotatable bonds is 8. The van der Waals surface area contributed by atoms with Crippen molar-refractivity contribution in [3.8, 4) is 0 Å². The summed E-state index contributed by atoms with van der Waals surface area (Å²) in [6.45, 7) is 10.8. The van der Waals surface area contributed by atoms with Crippen molar-refractivity contribution >= 4 is 17.3 Å². The third-order valence-corrected chi connectivity index (χ3v) is 3.27. The Labute approximate surface area is 128 Å². The van der Waals surface area contributed by atoms with Crippen molar-refractivity contribution in [3.63, 3.8) is 0 Å². The molecule has 114 valence electrons. The number of anilines is 1. The molecule has 0 bridgehead atoms. The summed E-state index contributed by atoms with van der Waals surface area (Å²) in [5.41, 5.74) is 2.42. The van der Waals surface area contributed by atoms with Gasteiger partial charge in [0.25, 0.3) is 0 Å². The van der Waals surface area contributed by atoms with Gasteiger partial charge in [0.2, 0.25) is 0 Å². The van der Waals surface area contributed by atoms with Gasteiger partial charge in [0.15, 0.2) is 0 Å². The molecule has 0 saturated carbocycles. The second-order valence-electron chi connectivity index (χ2n) is 5.65. The van der Waals surface area contributed by atoms with Crippen molar-refractivity contribution in [2.45, 2.75) is 46.4 Å². The highest BCUT2D eigenvalue weighted by Crippen LogP contribution is 2.23. The SMILES string of the molecule is CC(C)NCc1cc(Cl)ccc1N(C)CCOC(C)C. The third kappa shape index (κ3) is 6.12. The van der Waals surface area contributed by atoms with Gasteiger partial charge in [-0.05, 0) is 37.6 Å². The summed E-state index contributed by atoms with van der Waals surface area (Å²) in [6.07, 6.45) is 0.274. The lowest BCUT2D eigenvalue weighted by atomic mass is 10.1. The first-order valence-electron chi connectivity index (χ1n) is 7.24. The molecule has 0 aliphatic carbocycles. The Kier molecular flexibility index (Phi) is 7.35. The molecule has 1 aromatic rings. The van der Waals surface area contributed by atoms with Gasteiger partial charge in [0.1, 0.15) is 0 Å². The molecule has 0 fully saturated rings. The van der Waals surface area contributed by atoms with E-state index in [1.165, 1.54) is 11.3 Å². The van der Waals surface area contributed by atoms with Gasteiger partial charge in [0.05, 0.1) is 12.7 Å². The molecule has 0 aliphatic rings. The number of ether oxygens (including phenoxy) is 1. The largest absolute Gasteiger partial charge is 0.377 e. The van der Waals surface area contributed by atoms with Crippen LogP contribution >= 0.6 is 11.6 Å². The van der Waals surface area contributed by atoms with Crippen molar-refractivity contribution in [2.75, 3.05) is 25.1 Å². The van der Waals surface area contributed by atoms with Gasteiger partial charge < -0.3 is 15.0 Å². The number of hydrogen-bond donors (Lipinski definition) is 1. The average molecular weight is 299 g/mol. The molecule has 1 aromatic carbocycles. The predicted octanol–water partition coefficient (Wildman–Crippen LogP) is 3.70. The second kappa shape index (κ2) is 8.50. The lowest BCUT2D eigenvalue weighted by Crippen LogP contribution is -2.27. The van der Waals surface area contributed by atoms with E-state index in [0.717, 1.165) is 24.7 Å². The predicted molar refractivity (Wildman–Crippen MR) is 87.8 cm³/mol. The topological polar surface area (TPSA) is 24.5 Å². The first-order valence-corrected chi connectivity index (χ1v) is 7.62. The Morgan fingerprint density at radius 3 is 2.55 bits per heavy atom. The van der Waals surface area contributed by atoms with Crippen LogP contribution in [0.1, 0.15) is 33.3 Å². The highest BCUT2D eigenvalue weighted by molar-refractivity contribution is 6.30. The Morgan fingerprint density at radius 2 is 1.95 bits per heavy atom. The maximum absolute atomic E-state index is 6.11. The molecule has 20 heavy (non-hydrogen) atoms. The zero-order valence-corrected chi connectivity index (χ0v) is 14.0. The Morgan fingerprint density at radius 1 is 1.25 bits per heavy atom. The molecule has 4 heteroatoms. The van der Waals surface area contributed by atoms with E-state index in [0.29, 0.717) is 6.04 Å². The van der Waals surface area contributed by atoms with Gasteiger partial charge in [-0.25, -0.2) is 0 Å². The van der Waals surface area contributed by atoms with E-state index in [1.54, 1.807) is 0 Å². The highest BCUT2D eigenvalue weighted by atomic mass is 35.5. The fourth-order valence-electron chi connectivity index (χ4n) is 1.93. The van der Waals surface area contributed by atoms with Crippen molar-refractivity contribution in [2.24, 2.45) is 0 Å². The summed E-state index contributed by atoms with van der Waals surface area (Å²) < 4.78 is 5.61. The fourth-order valence-corrected chi connectivity index (χ4v) is 2.12. The minimum Gasteiger partial charge on any atom is -0.377 e. The number of benzene rings is 1. The van der Waals surface area contributed by atoms with E-state index in [1.807, 2.05) is 12.1 Å². The summed E-state index contributed by atoms with van der Waals surface area (Å²) >= 11 is 6.11. The highest BCUT2D eigenvalue weighted by Gasteiger charge is 2.09. The Bertz CT molecular complexity index is 407. The van der Waals surface area contributed by atoms with E-state index < -0.39 is 0 Å². The van der Waals surface area contributed by atoms with Crippen LogP contribution in [-0.2, 0) is 11.3 Å². The molecule has 0 heterocycles. The number of halogens is 1. The van der Waals surface area contributed by atoms with E-state index in [-0.39, 0.29) is 6.10 Å². The zero-order chi connectivity index (χ0) is 15.1. The van der Waals surface area contributed by atoms with Crippen molar-refractivity contribution in [1.82, 2.24) is 5.32 Å². The van der Waals surface area contributed by atoms with E-state index in [2.05, 4.69) is 51.0 Å². The third-order valence-electron chi connectivity index (χ3n) is 3.03. The molecule has 0 spiro atoms. The van der Waals surface area contributed by atoms with Crippen LogP contribution in [0.2, 0.25) is 5.02 Å². The smallest absolute Gasteiger partial charge is 0.0644 e. The number of nitrogens with zero attached hydrogens (tertiary/aromatic N) is 1. The normalized spacial score (nSPS) is 11.4. The van der Waals surface area contributed by atoms with Crippen LogP contribution in [0.5, 0.6) is 0 Å². The number of likely N-dealkylation sites (N-methyl/N-ethyl adjacent to an activating group) is 1. The quantitative estimate of drug-likeness (QED) is 0.792. The molecular formula is C16H27ClN2O.